The van der Waals surface area contributed by atoms with Crippen LogP contribution in [0.2, 0.25) is 10.0 Å². The lowest BCUT2D eigenvalue weighted by Gasteiger charge is -2.02. The minimum Gasteiger partial charge on any atom is -0.230 e. The van der Waals surface area contributed by atoms with Crippen molar-refractivity contribution in [3.63, 3.8) is 0 Å². The summed E-state index contributed by atoms with van der Waals surface area (Å²) in [6.07, 6.45) is -4.50. The molecular formula is C10H3BrCl2F3NS. The molecule has 0 aliphatic heterocycles. The highest BCUT2D eigenvalue weighted by Crippen LogP contribution is 2.42. The topological polar surface area (TPSA) is 12.9 Å². The maximum atomic E-state index is 12.6. The van der Waals surface area contributed by atoms with E-state index in [1.807, 2.05) is 0 Å². The Bertz CT molecular complexity index is 597. The van der Waals surface area contributed by atoms with Crippen LogP contribution in [0.25, 0.3) is 10.6 Å². The number of benzene rings is 1. The van der Waals surface area contributed by atoms with Crippen LogP contribution in [0.4, 0.5) is 13.2 Å². The molecule has 0 saturated carbocycles. The first kappa shape index (κ1) is 14.1. The molecule has 2 rings (SSSR count). The van der Waals surface area contributed by atoms with Crippen LogP contribution in [0.3, 0.4) is 0 Å². The molecule has 8 heteroatoms. The lowest BCUT2D eigenvalue weighted by Crippen LogP contribution is -2.05. The third-order valence-electron chi connectivity index (χ3n) is 2.01. The Morgan fingerprint density at radius 1 is 1.22 bits per heavy atom. The van der Waals surface area contributed by atoms with Crippen molar-refractivity contribution < 1.29 is 13.2 Å². The van der Waals surface area contributed by atoms with Gasteiger partial charge in [0.15, 0.2) is 5.69 Å². The van der Waals surface area contributed by atoms with Crippen molar-refractivity contribution in [3.05, 3.63) is 37.7 Å². The summed E-state index contributed by atoms with van der Waals surface area (Å²) in [6.45, 7) is 0. The lowest BCUT2D eigenvalue weighted by atomic mass is 10.2. The first-order valence-corrected chi connectivity index (χ1v) is 6.84. The molecule has 0 radical (unpaired) electrons. The molecule has 0 atom stereocenters. The number of thiazole rings is 1. The van der Waals surface area contributed by atoms with E-state index < -0.39 is 11.9 Å². The number of hydrogen-bond acceptors (Lipinski definition) is 2. The third-order valence-corrected chi connectivity index (χ3v) is 4.32. The van der Waals surface area contributed by atoms with Gasteiger partial charge in [-0.2, -0.15) is 13.2 Å². The minimum absolute atomic E-state index is 0.0824. The summed E-state index contributed by atoms with van der Waals surface area (Å²) in [4.78, 5) is 3.56. The Labute approximate surface area is 123 Å². The second kappa shape index (κ2) is 5.00. The van der Waals surface area contributed by atoms with Crippen molar-refractivity contribution in [2.24, 2.45) is 0 Å². The van der Waals surface area contributed by atoms with Crippen molar-refractivity contribution in [2.75, 3.05) is 0 Å². The average molecular weight is 377 g/mol. The minimum atomic E-state index is -4.50. The van der Waals surface area contributed by atoms with Crippen LogP contribution in [0, 0.1) is 0 Å². The summed E-state index contributed by atoms with van der Waals surface area (Å²) >= 11 is 15.4. The van der Waals surface area contributed by atoms with Gasteiger partial charge in [0.1, 0.15) is 8.79 Å². The molecule has 0 aliphatic rings. The van der Waals surface area contributed by atoms with Gasteiger partial charge in [-0.1, -0.05) is 23.2 Å². The van der Waals surface area contributed by atoms with E-state index in [9.17, 15) is 13.2 Å². The molecule has 1 heterocycles. The normalized spacial score (nSPS) is 11.9. The van der Waals surface area contributed by atoms with E-state index in [4.69, 9.17) is 23.2 Å². The van der Waals surface area contributed by atoms with E-state index >= 15 is 0 Å². The third kappa shape index (κ3) is 2.82. The molecule has 0 saturated heterocycles. The summed E-state index contributed by atoms with van der Waals surface area (Å²) in [5, 5.41) is 0.852. The molecule has 96 valence electrons. The van der Waals surface area contributed by atoms with Crippen LogP contribution in [0.1, 0.15) is 5.69 Å². The Morgan fingerprint density at radius 3 is 2.44 bits per heavy atom. The molecular weight excluding hydrogens is 374 g/mol. The van der Waals surface area contributed by atoms with E-state index in [-0.39, 0.29) is 8.79 Å². The molecule has 0 bridgehead atoms. The van der Waals surface area contributed by atoms with E-state index in [1.54, 1.807) is 6.07 Å². The van der Waals surface area contributed by atoms with Crippen molar-refractivity contribution in [3.8, 4) is 10.6 Å². The lowest BCUT2D eigenvalue weighted by molar-refractivity contribution is -0.141. The fraction of sp³-hybridized carbons (Fsp3) is 0.100. The van der Waals surface area contributed by atoms with Crippen LogP contribution < -0.4 is 0 Å². The largest absolute Gasteiger partial charge is 0.435 e. The Hall–Kier alpha value is -0.300. The van der Waals surface area contributed by atoms with Gasteiger partial charge in [-0.05, 0) is 34.1 Å². The Balaban J connectivity index is 2.56. The first-order chi connectivity index (χ1) is 8.29. The van der Waals surface area contributed by atoms with Crippen LogP contribution in [-0.4, -0.2) is 4.98 Å². The highest BCUT2D eigenvalue weighted by atomic mass is 79.9. The van der Waals surface area contributed by atoms with Crippen molar-refractivity contribution in [1.29, 1.82) is 0 Å². The highest BCUT2D eigenvalue weighted by Gasteiger charge is 2.37. The van der Waals surface area contributed by atoms with Crippen molar-refractivity contribution in [1.82, 2.24) is 4.98 Å². The zero-order chi connectivity index (χ0) is 13.5. The predicted octanol–water partition coefficient (Wildman–Crippen LogP) is 5.90. The van der Waals surface area contributed by atoms with E-state index in [2.05, 4.69) is 20.9 Å². The quantitative estimate of drug-likeness (QED) is 0.603. The van der Waals surface area contributed by atoms with Gasteiger partial charge in [0.25, 0.3) is 0 Å². The van der Waals surface area contributed by atoms with Crippen LogP contribution in [0.15, 0.2) is 22.0 Å². The van der Waals surface area contributed by atoms with Gasteiger partial charge in [-0.15, -0.1) is 11.3 Å². The molecule has 0 spiro atoms. The van der Waals surface area contributed by atoms with Gasteiger partial charge in [0.2, 0.25) is 0 Å². The first-order valence-electron chi connectivity index (χ1n) is 4.48. The van der Waals surface area contributed by atoms with Gasteiger partial charge < -0.3 is 0 Å². The highest BCUT2D eigenvalue weighted by molar-refractivity contribution is 9.11. The zero-order valence-corrected chi connectivity index (χ0v) is 12.3. The molecule has 1 aromatic heterocycles. The molecule has 0 fully saturated rings. The average Bonchev–Trinajstić information content (AvgIpc) is 2.63. The molecule has 0 amide bonds. The number of rotatable bonds is 1. The fourth-order valence-electron chi connectivity index (χ4n) is 1.25. The van der Waals surface area contributed by atoms with Gasteiger partial charge >= 0.3 is 6.18 Å². The molecule has 0 aliphatic carbocycles. The fourth-order valence-corrected chi connectivity index (χ4v) is 3.31. The van der Waals surface area contributed by atoms with Crippen LogP contribution in [0.5, 0.6) is 0 Å². The SMILES string of the molecule is FC(F)(F)c1nc(-c2cc(Cl)ccc2Cl)sc1Br. The zero-order valence-electron chi connectivity index (χ0n) is 8.36. The summed E-state index contributed by atoms with van der Waals surface area (Å²) in [7, 11) is 0. The van der Waals surface area contributed by atoms with Crippen molar-refractivity contribution >= 4 is 50.5 Å². The van der Waals surface area contributed by atoms with Gasteiger partial charge in [0.05, 0.1) is 5.02 Å². The van der Waals surface area contributed by atoms with Gasteiger partial charge in [0, 0.05) is 10.6 Å². The Morgan fingerprint density at radius 2 is 1.89 bits per heavy atom. The summed E-state index contributed by atoms with van der Waals surface area (Å²) in [5.74, 6) is 0. The number of nitrogens with zero attached hydrogens (tertiary/aromatic N) is 1. The second-order valence-electron chi connectivity index (χ2n) is 3.26. The maximum Gasteiger partial charge on any atom is 0.435 e. The Kier molecular flexibility index (Phi) is 3.92. The number of hydrogen-bond donors (Lipinski definition) is 0. The second-order valence-corrected chi connectivity index (χ2v) is 6.42. The van der Waals surface area contributed by atoms with E-state index in [0.29, 0.717) is 15.6 Å². The molecule has 2 aromatic rings. The van der Waals surface area contributed by atoms with Crippen LogP contribution in [-0.2, 0) is 6.18 Å². The molecule has 0 unspecified atom stereocenters. The molecule has 0 N–H and O–H groups in total. The summed E-state index contributed by atoms with van der Waals surface area (Å²) in [5.41, 5.74) is -0.580. The molecule has 1 aromatic carbocycles. The summed E-state index contributed by atoms with van der Waals surface area (Å²) < 4.78 is 37.8. The predicted molar refractivity (Wildman–Crippen MR) is 70.3 cm³/mol. The number of alkyl halides is 3. The van der Waals surface area contributed by atoms with E-state index in [0.717, 1.165) is 11.3 Å². The monoisotopic (exact) mass is 375 g/mol. The van der Waals surface area contributed by atoms with Crippen molar-refractivity contribution in [2.45, 2.75) is 6.18 Å². The number of aromatic nitrogens is 1. The standard InChI is InChI=1S/C10H3BrCl2F3NS/c11-8-7(10(14,15)16)17-9(18-8)5-3-4(12)1-2-6(5)13/h1-3H. The van der Waals surface area contributed by atoms with Crippen LogP contribution >= 0.6 is 50.5 Å². The van der Waals surface area contributed by atoms with Gasteiger partial charge in [-0.3, -0.25) is 0 Å². The van der Waals surface area contributed by atoms with Gasteiger partial charge in [-0.25, -0.2) is 4.98 Å². The molecule has 18 heavy (non-hydrogen) atoms. The van der Waals surface area contributed by atoms with E-state index in [1.165, 1.54) is 12.1 Å². The smallest absolute Gasteiger partial charge is 0.230 e. The maximum absolute atomic E-state index is 12.6. The number of halogens is 6. The summed E-state index contributed by atoms with van der Waals surface area (Å²) in [6, 6.07) is 4.55. The molecule has 1 nitrogen and oxygen atoms in total.